The Bertz CT molecular complexity index is 566. The number of amides is 1. The molecule has 0 aliphatic rings. The number of carbonyl (C=O) groups is 1. The summed E-state index contributed by atoms with van der Waals surface area (Å²) in [5.41, 5.74) is 0.167. The molecule has 0 fully saturated rings. The number of hydrogen-bond acceptors (Lipinski definition) is 3. The van der Waals surface area contributed by atoms with Gasteiger partial charge in [0.2, 0.25) is 0 Å². The summed E-state index contributed by atoms with van der Waals surface area (Å²) in [4.78, 5) is 15.4. The van der Waals surface area contributed by atoms with Crippen LogP contribution in [0.3, 0.4) is 0 Å². The van der Waals surface area contributed by atoms with Gasteiger partial charge in [0.15, 0.2) is 11.6 Å². The fourth-order valence-corrected chi connectivity index (χ4v) is 1.26. The van der Waals surface area contributed by atoms with E-state index < -0.39 is 23.1 Å². The summed E-state index contributed by atoms with van der Waals surface area (Å²) in [5, 5.41) is 2.22. The standard InChI is InChI=1S/C11H8F2N2O2/c1-6-5-17-11(14-6)15-10(16)7-3-2-4-8(12)9(7)13/h2-5H,1H3,(H,14,15,16). The number of rotatable bonds is 2. The van der Waals surface area contributed by atoms with Crippen molar-refractivity contribution >= 4 is 11.9 Å². The number of oxazole rings is 1. The van der Waals surface area contributed by atoms with Crippen LogP contribution in [0, 0.1) is 18.6 Å². The van der Waals surface area contributed by atoms with Gasteiger partial charge in [-0.25, -0.2) is 8.78 Å². The Morgan fingerprint density at radius 2 is 2.18 bits per heavy atom. The van der Waals surface area contributed by atoms with Crippen molar-refractivity contribution in [2.45, 2.75) is 6.92 Å². The predicted molar refractivity (Wildman–Crippen MR) is 55.6 cm³/mol. The quantitative estimate of drug-likeness (QED) is 0.874. The molecule has 1 aromatic carbocycles. The van der Waals surface area contributed by atoms with E-state index in [0.717, 1.165) is 6.07 Å². The molecular weight excluding hydrogens is 230 g/mol. The maximum atomic E-state index is 13.3. The van der Waals surface area contributed by atoms with Gasteiger partial charge in [0.1, 0.15) is 6.26 Å². The van der Waals surface area contributed by atoms with Crippen molar-refractivity contribution in [3.8, 4) is 0 Å². The maximum Gasteiger partial charge on any atom is 0.301 e. The first-order chi connectivity index (χ1) is 8.08. The van der Waals surface area contributed by atoms with Crippen molar-refractivity contribution in [1.29, 1.82) is 0 Å². The van der Waals surface area contributed by atoms with Crippen LogP contribution in [0.1, 0.15) is 16.1 Å². The Hall–Kier alpha value is -2.24. The number of nitrogens with one attached hydrogen (secondary N) is 1. The lowest BCUT2D eigenvalue weighted by Crippen LogP contribution is -2.14. The van der Waals surface area contributed by atoms with Gasteiger partial charge in [-0.05, 0) is 19.1 Å². The second kappa shape index (κ2) is 4.32. The molecule has 2 aromatic rings. The van der Waals surface area contributed by atoms with Crippen LogP contribution < -0.4 is 5.32 Å². The highest BCUT2D eigenvalue weighted by atomic mass is 19.2. The lowest BCUT2D eigenvalue weighted by molar-refractivity contribution is 0.101. The fourth-order valence-electron chi connectivity index (χ4n) is 1.26. The molecule has 6 heteroatoms. The molecule has 17 heavy (non-hydrogen) atoms. The molecule has 0 unspecified atom stereocenters. The van der Waals surface area contributed by atoms with Gasteiger partial charge >= 0.3 is 6.01 Å². The summed E-state index contributed by atoms with van der Waals surface area (Å²) < 4.78 is 31.0. The van der Waals surface area contributed by atoms with E-state index in [1.54, 1.807) is 6.92 Å². The highest BCUT2D eigenvalue weighted by Gasteiger charge is 2.16. The monoisotopic (exact) mass is 238 g/mol. The van der Waals surface area contributed by atoms with Crippen molar-refractivity contribution in [3.05, 3.63) is 47.4 Å². The minimum atomic E-state index is -1.20. The molecule has 0 aliphatic heterocycles. The Kier molecular flexibility index (Phi) is 2.86. The molecule has 0 saturated heterocycles. The van der Waals surface area contributed by atoms with Crippen LogP contribution in [0.2, 0.25) is 0 Å². The van der Waals surface area contributed by atoms with Crippen LogP contribution in [0.5, 0.6) is 0 Å². The summed E-state index contributed by atoms with van der Waals surface area (Å²) in [5.74, 6) is -3.10. The maximum absolute atomic E-state index is 13.3. The molecule has 1 aromatic heterocycles. The largest absolute Gasteiger partial charge is 0.432 e. The smallest absolute Gasteiger partial charge is 0.301 e. The summed E-state index contributed by atoms with van der Waals surface area (Å²) in [6.07, 6.45) is 1.33. The van der Waals surface area contributed by atoms with E-state index >= 15 is 0 Å². The topological polar surface area (TPSA) is 55.1 Å². The molecule has 0 atom stereocenters. The van der Waals surface area contributed by atoms with E-state index in [1.807, 2.05) is 0 Å². The first-order valence-corrected chi connectivity index (χ1v) is 4.75. The molecular formula is C11H8F2N2O2. The van der Waals surface area contributed by atoms with E-state index in [9.17, 15) is 13.6 Å². The Balaban J connectivity index is 2.23. The van der Waals surface area contributed by atoms with E-state index in [0.29, 0.717) is 5.69 Å². The van der Waals surface area contributed by atoms with Crippen molar-refractivity contribution in [1.82, 2.24) is 4.98 Å². The third-order valence-electron chi connectivity index (χ3n) is 2.04. The fraction of sp³-hybridized carbons (Fsp3) is 0.0909. The van der Waals surface area contributed by atoms with Gasteiger partial charge in [-0.15, -0.1) is 0 Å². The normalized spacial score (nSPS) is 10.3. The van der Waals surface area contributed by atoms with Crippen molar-refractivity contribution < 1.29 is 18.0 Å². The average Bonchev–Trinajstić information content (AvgIpc) is 2.68. The highest BCUT2D eigenvalue weighted by Crippen LogP contribution is 2.14. The van der Waals surface area contributed by atoms with Gasteiger partial charge in [-0.2, -0.15) is 4.98 Å². The summed E-state index contributed by atoms with van der Waals surface area (Å²) in [6, 6.07) is 3.29. The van der Waals surface area contributed by atoms with Crippen LogP contribution in [-0.4, -0.2) is 10.9 Å². The highest BCUT2D eigenvalue weighted by molar-refractivity contribution is 6.03. The molecule has 2 rings (SSSR count). The molecule has 0 aliphatic carbocycles. The number of anilines is 1. The SMILES string of the molecule is Cc1coc(NC(=O)c2cccc(F)c2F)n1. The molecule has 88 valence electrons. The first kappa shape index (κ1) is 11.3. The van der Waals surface area contributed by atoms with Crippen LogP contribution >= 0.6 is 0 Å². The zero-order valence-electron chi connectivity index (χ0n) is 8.83. The average molecular weight is 238 g/mol. The molecule has 1 heterocycles. The van der Waals surface area contributed by atoms with Gasteiger partial charge in [0.25, 0.3) is 5.91 Å². The van der Waals surface area contributed by atoms with Crippen molar-refractivity contribution in [2.75, 3.05) is 5.32 Å². The second-order valence-electron chi connectivity index (χ2n) is 3.35. The summed E-state index contributed by atoms with van der Waals surface area (Å²) >= 11 is 0. The van der Waals surface area contributed by atoms with Gasteiger partial charge in [0.05, 0.1) is 11.3 Å². The lowest BCUT2D eigenvalue weighted by Gasteiger charge is -2.02. The Morgan fingerprint density at radius 1 is 1.41 bits per heavy atom. The van der Waals surface area contributed by atoms with E-state index in [-0.39, 0.29) is 6.01 Å². The third-order valence-corrected chi connectivity index (χ3v) is 2.04. The summed E-state index contributed by atoms with van der Waals surface area (Å²) in [6.45, 7) is 1.67. The van der Waals surface area contributed by atoms with E-state index in [1.165, 1.54) is 18.4 Å². The molecule has 0 saturated carbocycles. The van der Waals surface area contributed by atoms with Gasteiger partial charge in [-0.1, -0.05) is 6.07 Å². The number of carbonyl (C=O) groups excluding carboxylic acids is 1. The number of hydrogen-bond donors (Lipinski definition) is 1. The molecule has 0 spiro atoms. The van der Waals surface area contributed by atoms with Gasteiger partial charge in [0, 0.05) is 0 Å². The minimum absolute atomic E-state index is 0.0591. The summed E-state index contributed by atoms with van der Waals surface area (Å²) in [7, 11) is 0. The molecule has 1 N–H and O–H groups in total. The molecule has 0 radical (unpaired) electrons. The van der Waals surface area contributed by atoms with Crippen molar-refractivity contribution in [3.63, 3.8) is 0 Å². The number of benzene rings is 1. The van der Waals surface area contributed by atoms with Crippen molar-refractivity contribution in [2.24, 2.45) is 0 Å². The second-order valence-corrected chi connectivity index (χ2v) is 3.35. The zero-order chi connectivity index (χ0) is 12.4. The predicted octanol–water partition coefficient (Wildman–Crippen LogP) is 2.51. The molecule has 4 nitrogen and oxygen atoms in total. The number of aromatic nitrogens is 1. The first-order valence-electron chi connectivity index (χ1n) is 4.75. The lowest BCUT2D eigenvalue weighted by atomic mass is 10.2. The van der Waals surface area contributed by atoms with Gasteiger partial charge < -0.3 is 4.42 Å². The van der Waals surface area contributed by atoms with Crippen LogP contribution in [0.25, 0.3) is 0 Å². The number of aryl methyl sites for hydroxylation is 1. The number of nitrogens with zero attached hydrogens (tertiary/aromatic N) is 1. The Labute approximate surface area is 95.3 Å². The molecule has 1 amide bonds. The van der Waals surface area contributed by atoms with E-state index in [4.69, 9.17) is 4.42 Å². The third kappa shape index (κ3) is 2.30. The van der Waals surface area contributed by atoms with Crippen LogP contribution in [0.15, 0.2) is 28.9 Å². The van der Waals surface area contributed by atoms with Crippen LogP contribution in [-0.2, 0) is 0 Å². The number of halogens is 2. The minimum Gasteiger partial charge on any atom is -0.432 e. The zero-order valence-corrected chi connectivity index (χ0v) is 8.83. The van der Waals surface area contributed by atoms with E-state index in [2.05, 4.69) is 10.3 Å². The molecule has 0 bridgehead atoms. The Morgan fingerprint density at radius 3 is 2.82 bits per heavy atom. The van der Waals surface area contributed by atoms with Gasteiger partial charge in [-0.3, -0.25) is 10.1 Å². The van der Waals surface area contributed by atoms with Crippen LogP contribution in [0.4, 0.5) is 14.8 Å².